The number of nitriles is 1. The lowest BCUT2D eigenvalue weighted by Gasteiger charge is -2.10. The zero-order valence-electron chi connectivity index (χ0n) is 10.3. The third-order valence-corrected chi connectivity index (χ3v) is 3.97. The Bertz CT molecular complexity index is 680. The highest BCUT2D eigenvalue weighted by Crippen LogP contribution is 2.36. The van der Waals surface area contributed by atoms with Crippen LogP contribution in [0.2, 0.25) is 10.0 Å². The number of halogens is 3. The van der Waals surface area contributed by atoms with Crippen molar-refractivity contribution in [3.05, 3.63) is 51.8 Å². The normalized spacial score (nSPS) is 10.2. The Morgan fingerprint density at radius 1 is 1.25 bits per heavy atom. The van der Waals surface area contributed by atoms with Crippen LogP contribution in [-0.2, 0) is 0 Å². The van der Waals surface area contributed by atoms with E-state index >= 15 is 0 Å². The molecule has 102 valence electrons. The Hall–Kier alpha value is -1.41. The number of thioether (sulfide) groups is 1. The molecule has 0 amide bonds. The van der Waals surface area contributed by atoms with Crippen molar-refractivity contribution in [3.63, 3.8) is 0 Å². The summed E-state index contributed by atoms with van der Waals surface area (Å²) in [5.41, 5.74) is 0.207. The van der Waals surface area contributed by atoms with Crippen molar-refractivity contribution in [2.45, 2.75) is 4.90 Å². The smallest absolute Gasteiger partial charge is 0.146 e. The van der Waals surface area contributed by atoms with Gasteiger partial charge in [-0.05, 0) is 30.5 Å². The SMILES string of the molecule is CSc1ccc(Oc2cc(F)cc(Cl)c2)c(C#N)c1Cl. The van der Waals surface area contributed by atoms with Gasteiger partial charge in [-0.15, -0.1) is 11.8 Å². The van der Waals surface area contributed by atoms with E-state index in [1.165, 1.54) is 30.0 Å². The molecule has 0 unspecified atom stereocenters. The molecule has 2 aromatic rings. The standard InChI is InChI=1S/C14H8Cl2FNOS/c1-20-13-3-2-12(11(7-18)14(13)16)19-10-5-8(15)4-9(17)6-10/h2-6H,1H3. The van der Waals surface area contributed by atoms with Gasteiger partial charge in [0.1, 0.15) is 28.9 Å². The maximum absolute atomic E-state index is 13.3. The monoisotopic (exact) mass is 327 g/mol. The zero-order valence-corrected chi connectivity index (χ0v) is 12.6. The van der Waals surface area contributed by atoms with Crippen molar-refractivity contribution in [1.82, 2.24) is 0 Å². The minimum Gasteiger partial charge on any atom is -0.456 e. The van der Waals surface area contributed by atoms with Crippen LogP contribution in [0.25, 0.3) is 0 Å². The molecule has 2 aromatic carbocycles. The van der Waals surface area contributed by atoms with E-state index in [9.17, 15) is 9.65 Å². The van der Waals surface area contributed by atoms with Gasteiger partial charge in [-0.2, -0.15) is 5.26 Å². The summed E-state index contributed by atoms with van der Waals surface area (Å²) in [6.07, 6.45) is 1.86. The average Bonchev–Trinajstić information content (AvgIpc) is 2.38. The first-order chi connectivity index (χ1) is 9.55. The fourth-order valence-corrected chi connectivity index (χ4v) is 2.73. The minimum atomic E-state index is -0.516. The molecule has 0 atom stereocenters. The number of benzene rings is 2. The van der Waals surface area contributed by atoms with E-state index in [1.54, 1.807) is 12.1 Å². The topological polar surface area (TPSA) is 33.0 Å². The van der Waals surface area contributed by atoms with Crippen molar-refractivity contribution in [3.8, 4) is 17.6 Å². The summed E-state index contributed by atoms with van der Waals surface area (Å²) >= 11 is 13.3. The second-order valence-electron chi connectivity index (χ2n) is 3.77. The Kier molecular flexibility index (Phi) is 4.77. The van der Waals surface area contributed by atoms with E-state index in [-0.39, 0.29) is 22.1 Å². The molecule has 0 bridgehead atoms. The fraction of sp³-hybridized carbons (Fsp3) is 0.0714. The van der Waals surface area contributed by atoms with Gasteiger partial charge in [-0.1, -0.05) is 23.2 Å². The summed E-state index contributed by atoms with van der Waals surface area (Å²) in [5.74, 6) is -0.0470. The predicted molar refractivity (Wildman–Crippen MR) is 79.4 cm³/mol. The summed E-state index contributed by atoms with van der Waals surface area (Å²) in [4.78, 5) is 0.771. The van der Waals surface area contributed by atoms with Crippen molar-refractivity contribution < 1.29 is 9.13 Å². The molecular weight excluding hydrogens is 320 g/mol. The molecule has 0 saturated heterocycles. The van der Waals surface area contributed by atoms with Gasteiger partial charge in [0.25, 0.3) is 0 Å². The first-order valence-corrected chi connectivity index (χ1v) is 7.43. The van der Waals surface area contributed by atoms with Crippen LogP contribution in [0.3, 0.4) is 0 Å². The van der Waals surface area contributed by atoms with Gasteiger partial charge < -0.3 is 4.74 Å². The molecule has 0 heterocycles. The second kappa shape index (κ2) is 6.36. The molecule has 2 nitrogen and oxygen atoms in total. The third kappa shape index (κ3) is 3.18. The van der Waals surface area contributed by atoms with Crippen LogP contribution in [0, 0.1) is 17.1 Å². The number of hydrogen-bond acceptors (Lipinski definition) is 3. The molecule has 0 aliphatic rings. The average molecular weight is 328 g/mol. The van der Waals surface area contributed by atoms with E-state index in [1.807, 2.05) is 12.3 Å². The summed E-state index contributed by atoms with van der Waals surface area (Å²) in [6.45, 7) is 0. The summed E-state index contributed by atoms with van der Waals surface area (Å²) < 4.78 is 18.8. The predicted octanol–water partition coefficient (Wildman–Crippen LogP) is 5.52. The number of hydrogen-bond donors (Lipinski definition) is 0. The summed E-state index contributed by atoms with van der Waals surface area (Å²) in [5, 5.41) is 9.72. The number of nitrogens with zero attached hydrogens (tertiary/aromatic N) is 1. The fourth-order valence-electron chi connectivity index (χ4n) is 1.60. The number of ether oxygens (including phenoxy) is 1. The maximum Gasteiger partial charge on any atom is 0.146 e. The van der Waals surface area contributed by atoms with Gasteiger partial charge in [-0.25, -0.2) is 4.39 Å². The lowest BCUT2D eigenvalue weighted by atomic mass is 10.2. The van der Waals surface area contributed by atoms with Crippen molar-refractivity contribution in [2.75, 3.05) is 6.26 Å². The van der Waals surface area contributed by atoms with Crippen molar-refractivity contribution in [2.24, 2.45) is 0 Å². The minimum absolute atomic E-state index is 0.207. The van der Waals surface area contributed by atoms with Gasteiger partial charge in [0.05, 0.1) is 5.02 Å². The lowest BCUT2D eigenvalue weighted by Crippen LogP contribution is -1.91. The van der Waals surface area contributed by atoms with Crippen LogP contribution >= 0.6 is 35.0 Å². The van der Waals surface area contributed by atoms with Gasteiger partial charge >= 0.3 is 0 Å². The van der Waals surface area contributed by atoms with E-state index in [4.69, 9.17) is 27.9 Å². The molecule has 0 aromatic heterocycles. The Morgan fingerprint density at radius 2 is 2.00 bits per heavy atom. The Morgan fingerprint density at radius 3 is 2.60 bits per heavy atom. The van der Waals surface area contributed by atoms with Crippen molar-refractivity contribution in [1.29, 1.82) is 5.26 Å². The van der Waals surface area contributed by atoms with Gasteiger partial charge in [0, 0.05) is 16.0 Å². The summed E-state index contributed by atoms with van der Waals surface area (Å²) in [7, 11) is 0. The van der Waals surface area contributed by atoms with Crippen LogP contribution in [0.4, 0.5) is 4.39 Å². The van der Waals surface area contributed by atoms with Crippen LogP contribution in [0.15, 0.2) is 35.2 Å². The van der Waals surface area contributed by atoms with E-state index < -0.39 is 5.82 Å². The quantitative estimate of drug-likeness (QED) is 0.696. The van der Waals surface area contributed by atoms with Gasteiger partial charge in [0.15, 0.2) is 0 Å². The highest BCUT2D eigenvalue weighted by atomic mass is 35.5. The lowest BCUT2D eigenvalue weighted by molar-refractivity contribution is 0.475. The second-order valence-corrected chi connectivity index (χ2v) is 5.44. The largest absolute Gasteiger partial charge is 0.456 e. The molecule has 20 heavy (non-hydrogen) atoms. The molecular formula is C14H8Cl2FNOS. The van der Waals surface area contributed by atoms with Crippen LogP contribution in [0.5, 0.6) is 11.5 Å². The van der Waals surface area contributed by atoms with Crippen LogP contribution in [0.1, 0.15) is 5.56 Å². The third-order valence-electron chi connectivity index (χ3n) is 2.46. The Balaban J connectivity index is 2.44. The maximum atomic E-state index is 13.3. The van der Waals surface area contributed by atoms with Crippen LogP contribution in [-0.4, -0.2) is 6.26 Å². The zero-order chi connectivity index (χ0) is 14.7. The molecule has 0 radical (unpaired) electrons. The van der Waals surface area contributed by atoms with E-state index in [0.29, 0.717) is 5.02 Å². The Labute approximate surface area is 130 Å². The van der Waals surface area contributed by atoms with E-state index in [0.717, 1.165) is 4.90 Å². The van der Waals surface area contributed by atoms with Gasteiger partial charge in [0.2, 0.25) is 0 Å². The summed E-state index contributed by atoms with van der Waals surface area (Å²) in [6, 6.07) is 9.17. The van der Waals surface area contributed by atoms with E-state index in [2.05, 4.69) is 0 Å². The van der Waals surface area contributed by atoms with Gasteiger partial charge in [-0.3, -0.25) is 0 Å². The van der Waals surface area contributed by atoms with Crippen molar-refractivity contribution >= 4 is 35.0 Å². The first-order valence-electron chi connectivity index (χ1n) is 5.45. The molecule has 2 rings (SSSR count). The van der Waals surface area contributed by atoms with Crippen LogP contribution < -0.4 is 4.74 Å². The molecule has 0 aliphatic carbocycles. The molecule has 6 heteroatoms. The highest BCUT2D eigenvalue weighted by molar-refractivity contribution is 7.98. The molecule has 0 N–H and O–H groups in total. The molecule has 0 fully saturated rings. The number of rotatable bonds is 3. The highest BCUT2D eigenvalue weighted by Gasteiger charge is 2.13. The molecule has 0 spiro atoms. The molecule has 0 aliphatic heterocycles. The molecule has 0 saturated carbocycles. The first kappa shape index (κ1) is 15.0.